The van der Waals surface area contributed by atoms with Gasteiger partial charge in [0.05, 0.1) is 37.0 Å². The summed E-state index contributed by atoms with van der Waals surface area (Å²) in [6.07, 6.45) is -5.08. The predicted molar refractivity (Wildman–Crippen MR) is 170 cm³/mol. The van der Waals surface area contributed by atoms with E-state index in [1.165, 1.54) is 47.0 Å². The fourth-order valence-electron chi connectivity index (χ4n) is 5.66. The summed E-state index contributed by atoms with van der Waals surface area (Å²) in [5.41, 5.74) is 0.152. The minimum absolute atomic E-state index is 0.0742. The highest BCUT2D eigenvalue weighted by molar-refractivity contribution is 6.05. The molecule has 2 N–H and O–H groups in total. The van der Waals surface area contributed by atoms with Crippen LogP contribution in [0, 0.1) is 5.82 Å². The molecule has 0 saturated heterocycles. The van der Waals surface area contributed by atoms with Crippen LogP contribution in [-0.4, -0.2) is 53.2 Å². The largest absolute Gasteiger partial charge is 0.469 e. The van der Waals surface area contributed by atoms with Crippen molar-refractivity contribution in [3.05, 3.63) is 125 Å². The third kappa shape index (κ3) is 7.22. The highest BCUT2D eigenvalue weighted by atomic mass is 19.4. The van der Waals surface area contributed by atoms with Gasteiger partial charge in [-0.1, -0.05) is 43.0 Å². The number of esters is 1. The zero-order valence-electron chi connectivity index (χ0n) is 26.4. The molecule has 0 spiro atoms. The Bertz CT molecular complexity index is 1910. The minimum Gasteiger partial charge on any atom is -0.469 e. The number of aromatic nitrogens is 2. The molecule has 0 saturated carbocycles. The third-order valence-electron chi connectivity index (χ3n) is 8.01. The first kappa shape index (κ1) is 34.5. The second-order valence-electron chi connectivity index (χ2n) is 11.1. The molecule has 0 bridgehead atoms. The van der Waals surface area contributed by atoms with Gasteiger partial charge in [0.25, 0.3) is 11.8 Å². The number of carbonyl (C=O) groups excluding carboxylic acids is 4. The van der Waals surface area contributed by atoms with Crippen LogP contribution in [0.15, 0.2) is 91.0 Å². The Morgan fingerprint density at radius 3 is 2.33 bits per heavy atom. The van der Waals surface area contributed by atoms with Crippen LogP contribution in [-0.2, 0) is 31.8 Å². The Labute approximate surface area is 278 Å². The molecule has 2 atom stereocenters. The number of amides is 3. The second-order valence-corrected chi connectivity index (χ2v) is 11.1. The molecule has 3 aromatic carbocycles. The smallest absolute Gasteiger partial charge is 0.416 e. The first-order chi connectivity index (χ1) is 23.3. The van der Waals surface area contributed by atoms with Crippen molar-refractivity contribution in [3.63, 3.8) is 0 Å². The molecule has 5 rings (SSSR count). The summed E-state index contributed by atoms with van der Waals surface area (Å²) in [4.78, 5) is 54.0. The first-order valence-electron chi connectivity index (χ1n) is 15.1. The summed E-state index contributed by atoms with van der Waals surface area (Å²) in [7, 11) is 1.18. The Morgan fingerprint density at radius 2 is 1.69 bits per heavy atom. The van der Waals surface area contributed by atoms with Crippen LogP contribution >= 0.6 is 0 Å². The Morgan fingerprint density at radius 1 is 1.00 bits per heavy atom. The minimum atomic E-state index is -4.71. The number of benzene rings is 3. The molecule has 0 fully saturated rings. The number of methoxy groups -OCH3 is 1. The van der Waals surface area contributed by atoms with Crippen LogP contribution in [0.25, 0.3) is 5.69 Å². The lowest BCUT2D eigenvalue weighted by Crippen LogP contribution is -2.55. The zero-order chi connectivity index (χ0) is 35.5. The van der Waals surface area contributed by atoms with Crippen LogP contribution < -0.4 is 15.5 Å². The Kier molecular flexibility index (Phi) is 9.97. The van der Waals surface area contributed by atoms with E-state index in [0.29, 0.717) is 28.7 Å². The average molecular weight is 678 g/mol. The Balaban J connectivity index is 1.65. The standard InChI is InChI=1S/C35H31F4N5O5/c1-4-43-33-29(26(42-44(33)25-11-6-5-7-12-25)19-40-31(46)20(2)17-27(45)49-3)28(21-13-15-24(36)16-14-21)30(34(43)48)41-32(47)22-9-8-10-23(18-22)35(37,38)39/h5-16,18,28,30H,2,4,17,19H2,1,3H3,(H,40,46)(H,41,47)/t28-,30+/m0/s1. The normalized spacial score (nSPS) is 15.7. The predicted octanol–water partition coefficient (Wildman–Crippen LogP) is 5.06. The van der Waals surface area contributed by atoms with E-state index in [1.54, 1.807) is 37.3 Å². The lowest BCUT2D eigenvalue weighted by atomic mass is 9.80. The van der Waals surface area contributed by atoms with Gasteiger partial charge in [-0.3, -0.25) is 24.1 Å². The fourth-order valence-corrected chi connectivity index (χ4v) is 5.66. The van der Waals surface area contributed by atoms with Gasteiger partial charge >= 0.3 is 12.1 Å². The maximum atomic E-state index is 14.3. The molecule has 1 aliphatic rings. The van der Waals surface area contributed by atoms with Gasteiger partial charge < -0.3 is 15.4 Å². The third-order valence-corrected chi connectivity index (χ3v) is 8.01. The van der Waals surface area contributed by atoms with Crippen molar-refractivity contribution in [2.45, 2.75) is 38.0 Å². The molecule has 0 aliphatic carbocycles. The van der Waals surface area contributed by atoms with Crippen molar-refractivity contribution in [1.29, 1.82) is 0 Å². The number of ether oxygens (including phenoxy) is 1. The van der Waals surface area contributed by atoms with Crippen LogP contribution in [0.2, 0.25) is 0 Å². The van der Waals surface area contributed by atoms with Gasteiger partial charge in [0, 0.05) is 29.2 Å². The maximum absolute atomic E-state index is 14.3. The van der Waals surface area contributed by atoms with Crippen molar-refractivity contribution >= 4 is 29.5 Å². The molecule has 4 aromatic rings. The second kappa shape index (κ2) is 14.1. The van der Waals surface area contributed by atoms with Crippen LogP contribution in [0.1, 0.15) is 52.0 Å². The van der Waals surface area contributed by atoms with Gasteiger partial charge in [0.2, 0.25) is 5.91 Å². The molecule has 3 amide bonds. The SMILES string of the molecule is C=C(CC(=O)OC)C(=O)NCc1nn(-c2ccccc2)c2c1[C@H](c1ccc(F)cc1)[C@@H](NC(=O)c1cccc(C(F)(F)F)c1)C(=O)N2CC. The number of likely N-dealkylation sites (N-methyl/N-ethyl adjacent to an activating group) is 1. The number of nitrogens with zero attached hydrogens (tertiary/aromatic N) is 3. The van der Waals surface area contributed by atoms with E-state index in [-0.39, 0.29) is 36.3 Å². The molecule has 49 heavy (non-hydrogen) atoms. The van der Waals surface area contributed by atoms with E-state index < -0.39 is 53.2 Å². The van der Waals surface area contributed by atoms with Crippen molar-refractivity contribution in [3.8, 4) is 5.69 Å². The molecule has 254 valence electrons. The average Bonchev–Trinajstić information content (AvgIpc) is 3.46. The van der Waals surface area contributed by atoms with Crippen molar-refractivity contribution in [1.82, 2.24) is 20.4 Å². The molecule has 0 radical (unpaired) electrons. The lowest BCUT2D eigenvalue weighted by molar-refractivity contribution is -0.140. The maximum Gasteiger partial charge on any atom is 0.416 e. The van der Waals surface area contributed by atoms with Crippen molar-refractivity contribution in [2.24, 2.45) is 0 Å². The molecule has 10 nitrogen and oxygen atoms in total. The van der Waals surface area contributed by atoms with Crippen LogP contribution in [0.5, 0.6) is 0 Å². The lowest BCUT2D eigenvalue weighted by Gasteiger charge is -2.38. The van der Waals surface area contributed by atoms with Crippen LogP contribution in [0.3, 0.4) is 0 Å². The molecule has 14 heteroatoms. The zero-order valence-corrected chi connectivity index (χ0v) is 26.4. The molecule has 2 heterocycles. The highest BCUT2D eigenvalue weighted by Gasteiger charge is 2.46. The molecule has 0 unspecified atom stereocenters. The quantitative estimate of drug-likeness (QED) is 0.138. The molecule has 1 aliphatic heterocycles. The summed E-state index contributed by atoms with van der Waals surface area (Å²) < 4.78 is 60.8. The van der Waals surface area contributed by atoms with Crippen LogP contribution in [0.4, 0.5) is 23.4 Å². The highest BCUT2D eigenvalue weighted by Crippen LogP contribution is 2.44. The Hall–Kier alpha value is -5.79. The molecular formula is C35H31F4N5O5. The van der Waals surface area contributed by atoms with Crippen molar-refractivity contribution < 1.29 is 41.5 Å². The number of halogens is 4. The summed E-state index contributed by atoms with van der Waals surface area (Å²) in [5.74, 6) is -4.16. The van der Waals surface area contributed by atoms with Gasteiger partial charge in [-0.25, -0.2) is 9.07 Å². The number of para-hydroxylation sites is 1. The van der Waals surface area contributed by atoms with E-state index in [9.17, 15) is 36.7 Å². The topological polar surface area (TPSA) is 123 Å². The van der Waals surface area contributed by atoms with Crippen molar-refractivity contribution in [2.75, 3.05) is 18.6 Å². The number of nitrogens with one attached hydrogen (secondary N) is 2. The summed E-state index contributed by atoms with van der Waals surface area (Å²) in [6.45, 7) is 5.22. The van der Waals surface area contributed by atoms with Gasteiger partial charge in [-0.15, -0.1) is 0 Å². The van der Waals surface area contributed by atoms with Gasteiger partial charge in [0.15, 0.2) is 0 Å². The summed E-state index contributed by atoms with van der Waals surface area (Å²) in [6, 6.07) is 16.4. The monoisotopic (exact) mass is 677 g/mol. The number of hydrogen-bond donors (Lipinski definition) is 2. The van der Waals surface area contributed by atoms with Gasteiger partial charge in [-0.05, 0) is 55.0 Å². The van der Waals surface area contributed by atoms with E-state index >= 15 is 0 Å². The van der Waals surface area contributed by atoms with Gasteiger partial charge in [0.1, 0.15) is 17.7 Å². The van der Waals surface area contributed by atoms with E-state index in [0.717, 1.165) is 12.1 Å². The summed E-state index contributed by atoms with van der Waals surface area (Å²) in [5, 5.41) is 10.1. The van der Waals surface area contributed by atoms with E-state index in [2.05, 4.69) is 21.9 Å². The number of alkyl halides is 3. The van der Waals surface area contributed by atoms with Gasteiger partial charge in [-0.2, -0.15) is 18.3 Å². The number of hydrogen-bond acceptors (Lipinski definition) is 6. The fraction of sp³-hybridized carbons (Fsp3) is 0.229. The molecule has 1 aromatic heterocycles. The molecular weight excluding hydrogens is 646 g/mol. The van der Waals surface area contributed by atoms with E-state index in [4.69, 9.17) is 5.10 Å². The summed E-state index contributed by atoms with van der Waals surface area (Å²) >= 11 is 0. The van der Waals surface area contributed by atoms with E-state index in [1.807, 2.05) is 0 Å². The first-order valence-corrected chi connectivity index (χ1v) is 15.1. The number of carbonyl (C=O) groups is 4. The number of rotatable bonds is 10. The number of anilines is 1. The number of fused-ring (bicyclic) bond motifs is 1.